The van der Waals surface area contributed by atoms with Crippen molar-refractivity contribution in [2.45, 2.75) is 63.8 Å². The van der Waals surface area contributed by atoms with Crippen molar-refractivity contribution in [2.24, 2.45) is 0 Å². The van der Waals surface area contributed by atoms with Gasteiger partial charge in [0, 0.05) is 12.6 Å². The topological polar surface area (TPSA) is 96.0 Å². The average Bonchev–Trinajstić information content (AvgIpc) is 2.98. The Kier molecular flexibility index (Phi) is 10.8. The zero-order valence-electron chi connectivity index (χ0n) is 24.7. The minimum Gasteiger partial charge on any atom is -0.497 e. The predicted molar refractivity (Wildman–Crippen MR) is 158 cm³/mol. The smallest absolute Gasteiger partial charge is 0.416 e. The fourth-order valence-electron chi connectivity index (χ4n) is 4.18. The summed E-state index contributed by atoms with van der Waals surface area (Å²) in [6.07, 6.45) is -4.11. The molecule has 8 nitrogen and oxygen atoms in total. The monoisotopic (exact) mass is 619 g/mol. The number of nitrogens with zero attached hydrogens (tertiary/aromatic N) is 2. The molecule has 3 aromatic carbocycles. The SMILES string of the molecule is CCC(C)NC(=O)C(C)N(Cc1ccc(OC)cc1)C(=O)CN(c1cccc(C(F)(F)F)c1)S(=O)(=O)c1ccc(C)cc1. The predicted octanol–water partition coefficient (Wildman–Crippen LogP) is 5.55. The summed E-state index contributed by atoms with van der Waals surface area (Å²) in [5, 5.41) is 2.83. The number of methoxy groups -OCH3 is 1. The van der Waals surface area contributed by atoms with Gasteiger partial charge in [0.1, 0.15) is 18.3 Å². The molecule has 0 bridgehead atoms. The first-order chi connectivity index (χ1) is 20.2. The van der Waals surface area contributed by atoms with E-state index in [4.69, 9.17) is 4.74 Å². The highest BCUT2D eigenvalue weighted by molar-refractivity contribution is 7.92. The molecule has 232 valence electrons. The van der Waals surface area contributed by atoms with E-state index in [9.17, 15) is 31.2 Å². The quantitative estimate of drug-likeness (QED) is 0.287. The first-order valence-corrected chi connectivity index (χ1v) is 15.1. The lowest BCUT2D eigenvalue weighted by Crippen LogP contribution is -2.52. The average molecular weight is 620 g/mol. The summed E-state index contributed by atoms with van der Waals surface area (Å²) in [4.78, 5) is 28.1. The number of hydrogen-bond acceptors (Lipinski definition) is 5. The molecule has 0 aliphatic carbocycles. The molecule has 1 N–H and O–H groups in total. The van der Waals surface area contributed by atoms with E-state index in [1.54, 1.807) is 43.3 Å². The van der Waals surface area contributed by atoms with Gasteiger partial charge in [0.15, 0.2) is 0 Å². The second-order valence-electron chi connectivity index (χ2n) is 10.2. The van der Waals surface area contributed by atoms with Crippen molar-refractivity contribution in [3.63, 3.8) is 0 Å². The van der Waals surface area contributed by atoms with E-state index in [2.05, 4.69) is 5.32 Å². The summed E-state index contributed by atoms with van der Waals surface area (Å²) < 4.78 is 74.4. The van der Waals surface area contributed by atoms with E-state index < -0.39 is 46.2 Å². The first-order valence-electron chi connectivity index (χ1n) is 13.7. The van der Waals surface area contributed by atoms with Crippen LogP contribution in [0.5, 0.6) is 5.75 Å². The maximum absolute atomic E-state index is 14.0. The van der Waals surface area contributed by atoms with Gasteiger partial charge in [0.25, 0.3) is 10.0 Å². The van der Waals surface area contributed by atoms with Crippen LogP contribution in [0.15, 0.2) is 77.7 Å². The lowest BCUT2D eigenvalue weighted by molar-refractivity contribution is -0.139. The van der Waals surface area contributed by atoms with Crippen LogP contribution in [0.25, 0.3) is 0 Å². The van der Waals surface area contributed by atoms with Crippen LogP contribution in [0.3, 0.4) is 0 Å². The second-order valence-corrected chi connectivity index (χ2v) is 12.1. The molecule has 2 amide bonds. The van der Waals surface area contributed by atoms with Crippen LogP contribution < -0.4 is 14.4 Å². The Morgan fingerprint density at radius 2 is 1.60 bits per heavy atom. The fraction of sp³-hybridized carbons (Fsp3) is 0.355. The molecular formula is C31H36F3N3O5S. The van der Waals surface area contributed by atoms with Crippen molar-refractivity contribution in [2.75, 3.05) is 18.0 Å². The maximum Gasteiger partial charge on any atom is 0.416 e. The summed E-state index contributed by atoms with van der Waals surface area (Å²) in [7, 11) is -3.01. The maximum atomic E-state index is 14.0. The van der Waals surface area contributed by atoms with Gasteiger partial charge in [0.05, 0.1) is 23.3 Å². The molecule has 12 heteroatoms. The summed E-state index contributed by atoms with van der Waals surface area (Å²) >= 11 is 0. The van der Waals surface area contributed by atoms with E-state index >= 15 is 0 Å². The van der Waals surface area contributed by atoms with Crippen LogP contribution in [0.2, 0.25) is 0 Å². The van der Waals surface area contributed by atoms with Crippen molar-refractivity contribution in [3.8, 4) is 5.75 Å². The molecule has 2 unspecified atom stereocenters. The van der Waals surface area contributed by atoms with E-state index in [0.717, 1.165) is 17.7 Å². The Hall–Kier alpha value is -4.06. The number of anilines is 1. The van der Waals surface area contributed by atoms with Crippen LogP contribution in [0.4, 0.5) is 18.9 Å². The van der Waals surface area contributed by atoms with Crippen LogP contribution in [0.1, 0.15) is 43.9 Å². The normalized spacial score (nSPS) is 13.1. The number of rotatable bonds is 12. The lowest BCUT2D eigenvalue weighted by Gasteiger charge is -2.32. The minimum absolute atomic E-state index is 0.0705. The van der Waals surface area contributed by atoms with Gasteiger partial charge in [-0.15, -0.1) is 0 Å². The lowest BCUT2D eigenvalue weighted by atomic mass is 10.1. The number of halogens is 3. The number of ether oxygens (including phenoxy) is 1. The molecule has 3 aromatic rings. The first kappa shape index (κ1) is 33.4. The highest BCUT2D eigenvalue weighted by Crippen LogP contribution is 2.33. The van der Waals surface area contributed by atoms with Crippen molar-refractivity contribution in [1.29, 1.82) is 0 Å². The minimum atomic E-state index is -4.75. The molecule has 0 heterocycles. The molecule has 0 saturated carbocycles. The zero-order chi connectivity index (χ0) is 31.9. The van der Waals surface area contributed by atoms with Gasteiger partial charge in [-0.25, -0.2) is 8.42 Å². The Bertz CT molecular complexity index is 1510. The second kappa shape index (κ2) is 13.9. The van der Waals surface area contributed by atoms with Gasteiger partial charge in [-0.2, -0.15) is 13.2 Å². The highest BCUT2D eigenvalue weighted by atomic mass is 32.2. The number of benzene rings is 3. The number of alkyl halides is 3. The molecule has 0 spiro atoms. The van der Waals surface area contributed by atoms with Crippen molar-refractivity contribution >= 4 is 27.5 Å². The van der Waals surface area contributed by atoms with Crippen LogP contribution in [0, 0.1) is 6.92 Å². The highest BCUT2D eigenvalue weighted by Gasteiger charge is 2.35. The summed E-state index contributed by atoms with van der Waals surface area (Å²) in [6, 6.07) is 15.1. The van der Waals surface area contributed by atoms with Gasteiger partial charge < -0.3 is 15.0 Å². The van der Waals surface area contributed by atoms with E-state index in [1.165, 1.54) is 37.1 Å². The number of sulfonamides is 1. The van der Waals surface area contributed by atoms with Gasteiger partial charge in [-0.05, 0) is 75.2 Å². The van der Waals surface area contributed by atoms with Crippen molar-refractivity contribution in [1.82, 2.24) is 10.2 Å². The fourth-order valence-corrected chi connectivity index (χ4v) is 5.59. The summed E-state index contributed by atoms with van der Waals surface area (Å²) in [5.41, 5.74) is -0.0143. The zero-order valence-corrected chi connectivity index (χ0v) is 25.5. The number of hydrogen-bond donors (Lipinski definition) is 1. The summed E-state index contributed by atoms with van der Waals surface area (Å²) in [6.45, 7) is 6.05. The third-order valence-corrected chi connectivity index (χ3v) is 8.82. The Morgan fingerprint density at radius 3 is 2.16 bits per heavy atom. The molecular weight excluding hydrogens is 583 g/mol. The van der Waals surface area contributed by atoms with Crippen LogP contribution >= 0.6 is 0 Å². The Morgan fingerprint density at radius 1 is 0.977 bits per heavy atom. The molecule has 0 fully saturated rings. The third-order valence-electron chi connectivity index (χ3n) is 7.03. The number of aryl methyl sites for hydroxylation is 1. The largest absolute Gasteiger partial charge is 0.497 e. The molecule has 0 aliphatic heterocycles. The molecule has 0 radical (unpaired) electrons. The van der Waals surface area contributed by atoms with Gasteiger partial charge in [-0.1, -0.05) is 42.8 Å². The standard InChI is InChI=1S/C31H36F3N3O5S/c1-6-22(3)35-30(39)23(4)36(19-24-12-14-27(42-5)15-13-24)29(38)20-37(26-9-7-8-25(18-26)31(32,33)34)43(40,41)28-16-10-21(2)11-17-28/h7-18,22-23H,6,19-20H2,1-5H3,(H,35,39). The molecule has 0 saturated heterocycles. The summed E-state index contributed by atoms with van der Waals surface area (Å²) in [5.74, 6) is -0.664. The number of amides is 2. The van der Waals surface area contributed by atoms with Gasteiger partial charge >= 0.3 is 6.18 Å². The number of carbonyl (C=O) groups excluding carboxylic acids is 2. The molecule has 3 rings (SSSR count). The Balaban J connectivity index is 2.08. The van der Waals surface area contributed by atoms with Crippen LogP contribution in [-0.2, 0) is 32.3 Å². The van der Waals surface area contributed by atoms with E-state index in [-0.39, 0.29) is 23.2 Å². The molecule has 0 aromatic heterocycles. The third kappa shape index (κ3) is 8.50. The van der Waals surface area contributed by atoms with Gasteiger partial charge in [-0.3, -0.25) is 13.9 Å². The number of carbonyl (C=O) groups is 2. The molecule has 2 atom stereocenters. The molecule has 0 aliphatic rings. The Labute approximate surface area is 250 Å². The molecule has 43 heavy (non-hydrogen) atoms. The van der Waals surface area contributed by atoms with Gasteiger partial charge in [0.2, 0.25) is 11.8 Å². The van der Waals surface area contributed by atoms with Crippen molar-refractivity contribution < 1.29 is 35.9 Å². The van der Waals surface area contributed by atoms with Crippen molar-refractivity contribution in [3.05, 3.63) is 89.5 Å². The van der Waals surface area contributed by atoms with E-state index in [1.807, 2.05) is 13.8 Å². The van der Waals surface area contributed by atoms with Crippen LogP contribution in [-0.4, -0.2) is 50.9 Å². The number of nitrogens with one attached hydrogen (secondary N) is 1. The van der Waals surface area contributed by atoms with E-state index in [0.29, 0.717) is 28.1 Å².